The Bertz CT molecular complexity index is 432. The fourth-order valence-corrected chi connectivity index (χ4v) is 1.93. The number of carbonyl (C=O) groups excluding carboxylic acids is 1. The average molecular weight is 278 g/mol. The summed E-state index contributed by atoms with van der Waals surface area (Å²) in [5.74, 6) is -0.565. The second kappa shape index (κ2) is 8.30. The number of pyridine rings is 1. The molecule has 0 aromatic carbocycles. The minimum atomic E-state index is -0.878. The van der Waals surface area contributed by atoms with E-state index in [4.69, 9.17) is 5.11 Å². The zero-order valence-corrected chi connectivity index (χ0v) is 12.1. The number of aliphatic carboxylic acids is 1. The molecule has 5 nitrogen and oxygen atoms in total. The molecule has 0 radical (unpaired) electrons. The average Bonchev–Trinajstić information content (AvgIpc) is 2.41. The number of nitrogens with zero attached hydrogens (tertiary/aromatic N) is 2. The third-order valence-electron chi connectivity index (χ3n) is 2.85. The molecule has 0 aliphatic carbocycles. The maximum atomic E-state index is 12.2. The van der Waals surface area contributed by atoms with Gasteiger partial charge in [-0.2, -0.15) is 0 Å². The lowest BCUT2D eigenvalue weighted by Crippen LogP contribution is -2.36. The van der Waals surface area contributed by atoms with Gasteiger partial charge in [-0.15, -0.1) is 0 Å². The van der Waals surface area contributed by atoms with E-state index in [0.29, 0.717) is 25.3 Å². The van der Waals surface area contributed by atoms with Crippen molar-refractivity contribution in [3.8, 4) is 0 Å². The molecule has 1 heterocycles. The Morgan fingerprint density at radius 2 is 2.05 bits per heavy atom. The molecule has 0 bridgehead atoms. The van der Waals surface area contributed by atoms with Gasteiger partial charge in [0.15, 0.2) is 0 Å². The number of hydrogen-bond acceptors (Lipinski definition) is 3. The van der Waals surface area contributed by atoms with Gasteiger partial charge in [0, 0.05) is 31.4 Å². The van der Waals surface area contributed by atoms with E-state index in [1.165, 1.54) is 0 Å². The highest BCUT2D eigenvalue weighted by atomic mass is 16.4. The molecule has 0 aliphatic rings. The van der Waals surface area contributed by atoms with Crippen LogP contribution < -0.4 is 0 Å². The predicted octanol–water partition coefficient (Wildman–Crippen LogP) is 1.97. The first kappa shape index (κ1) is 16.1. The van der Waals surface area contributed by atoms with Crippen molar-refractivity contribution in [1.29, 1.82) is 0 Å². The van der Waals surface area contributed by atoms with Gasteiger partial charge in [0.1, 0.15) is 0 Å². The maximum Gasteiger partial charge on any atom is 0.305 e. The van der Waals surface area contributed by atoms with Gasteiger partial charge in [0.05, 0.1) is 6.42 Å². The lowest BCUT2D eigenvalue weighted by molar-refractivity contribution is -0.138. The Morgan fingerprint density at radius 3 is 2.60 bits per heavy atom. The molecule has 0 fully saturated rings. The monoisotopic (exact) mass is 278 g/mol. The number of carboxylic acids is 1. The summed E-state index contributed by atoms with van der Waals surface area (Å²) in [6.07, 6.45) is 2.64. The Kier molecular flexibility index (Phi) is 6.70. The van der Waals surface area contributed by atoms with Crippen molar-refractivity contribution in [3.05, 3.63) is 30.1 Å². The summed E-state index contributed by atoms with van der Waals surface area (Å²) in [4.78, 5) is 28.6. The SMILES string of the molecule is CC(C)CN(CCC(=O)O)C(=O)CCc1ccccn1. The van der Waals surface area contributed by atoms with Crippen molar-refractivity contribution in [1.82, 2.24) is 9.88 Å². The van der Waals surface area contributed by atoms with Crippen LogP contribution in [0.5, 0.6) is 0 Å². The summed E-state index contributed by atoms with van der Waals surface area (Å²) in [6, 6.07) is 5.61. The summed E-state index contributed by atoms with van der Waals surface area (Å²) in [6.45, 7) is 4.89. The normalized spacial score (nSPS) is 10.6. The minimum Gasteiger partial charge on any atom is -0.481 e. The molecular formula is C15H22N2O3. The van der Waals surface area contributed by atoms with E-state index >= 15 is 0 Å². The highest BCUT2D eigenvalue weighted by Crippen LogP contribution is 2.06. The van der Waals surface area contributed by atoms with Gasteiger partial charge >= 0.3 is 5.97 Å². The fourth-order valence-electron chi connectivity index (χ4n) is 1.93. The second-order valence-corrected chi connectivity index (χ2v) is 5.20. The molecule has 1 amide bonds. The minimum absolute atomic E-state index is 0.00870. The van der Waals surface area contributed by atoms with Crippen LogP contribution >= 0.6 is 0 Å². The number of hydrogen-bond donors (Lipinski definition) is 1. The van der Waals surface area contributed by atoms with Gasteiger partial charge in [-0.05, 0) is 24.5 Å². The molecule has 110 valence electrons. The molecule has 20 heavy (non-hydrogen) atoms. The van der Waals surface area contributed by atoms with E-state index < -0.39 is 5.97 Å². The smallest absolute Gasteiger partial charge is 0.305 e. The van der Waals surface area contributed by atoms with Crippen LogP contribution in [-0.2, 0) is 16.0 Å². The van der Waals surface area contributed by atoms with Crippen molar-refractivity contribution < 1.29 is 14.7 Å². The fraction of sp³-hybridized carbons (Fsp3) is 0.533. The van der Waals surface area contributed by atoms with Crippen LogP contribution in [-0.4, -0.2) is 40.0 Å². The van der Waals surface area contributed by atoms with Crippen LogP contribution in [0.2, 0.25) is 0 Å². The Hall–Kier alpha value is -1.91. The van der Waals surface area contributed by atoms with Crippen LogP contribution in [0.25, 0.3) is 0 Å². The Balaban J connectivity index is 2.51. The van der Waals surface area contributed by atoms with Crippen LogP contribution in [0.3, 0.4) is 0 Å². The molecule has 0 atom stereocenters. The predicted molar refractivity (Wildman–Crippen MR) is 76.2 cm³/mol. The molecule has 0 aliphatic heterocycles. The maximum absolute atomic E-state index is 12.2. The van der Waals surface area contributed by atoms with E-state index in [9.17, 15) is 9.59 Å². The zero-order chi connectivity index (χ0) is 15.0. The summed E-state index contributed by atoms with van der Waals surface area (Å²) < 4.78 is 0. The largest absolute Gasteiger partial charge is 0.481 e. The van der Waals surface area contributed by atoms with Crippen LogP contribution in [0.1, 0.15) is 32.4 Å². The van der Waals surface area contributed by atoms with E-state index in [1.807, 2.05) is 32.0 Å². The van der Waals surface area contributed by atoms with Crippen LogP contribution in [0, 0.1) is 5.92 Å². The van der Waals surface area contributed by atoms with E-state index in [2.05, 4.69) is 4.98 Å². The standard InChI is InChI=1S/C15H22N2O3/c1-12(2)11-17(10-8-15(19)20)14(18)7-6-13-5-3-4-9-16-13/h3-5,9,12H,6-8,10-11H2,1-2H3,(H,19,20). The van der Waals surface area contributed by atoms with Gasteiger partial charge in [0.25, 0.3) is 0 Å². The number of aryl methyl sites for hydroxylation is 1. The van der Waals surface area contributed by atoms with Crippen LogP contribution in [0.15, 0.2) is 24.4 Å². The van der Waals surface area contributed by atoms with Gasteiger partial charge < -0.3 is 10.0 Å². The van der Waals surface area contributed by atoms with Crippen molar-refractivity contribution in [2.75, 3.05) is 13.1 Å². The quantitative estimate of drug-likeness (QED) is 0.789. The molecule has 0 unspecified atom stereocenters. The second-order valence-electron chi connectivity index (χ2n) is 5.20. The zero-order valence-electron chi connectivity index (χ0n) is 12.1. The molecule has 0 saturated carbocycles. The number of carbonyl (C=O) groups is 2. The number of aromatic nitrogens is 1. The van der Waals surface area contributed by atoms with Gasteiger partial charge in [-0.1, -0.05) is 19.9 Å². The third kappa shape index (κ3) is 6.31. The van der Waals surface area contributed by atoms with Gasteiger partial charge in [-0.25, -0.2) is 0 Å². The number of carboxylic acid groups (broad SMARTS) is 1. The highest BCUT2D eigenvalue weighted by Gasteiger charge is 2.16. The molecule has 5 heteroatoms. The summed E-state index contributed by atoms with van der Waals surface area (Å²) in [5, 5.41) is 8.74. The molecule has 1 N–H and O–H groups in total. The van der Waals surface area contributed by atoms with Crippen molar-refractivity contribution in [2.45, 2.75) is 33.1 Å². The lowest BCUT2D eigenvalue weighted by Gasteiger charge is -2.24. The van der Waals surface area contributed by atoms with Crippen molar-refractivity contribution in [3.63, 3.8) is 0 Å². The first-order valence-electron chi connectivity index (χ1n) is 6.88. The summed E-state index contributed by atoms with van der Waals surface area (Å²) >= 11 is 0. The third-order valence-corrected chi connectivity index (χ3v) is 2.85. The van der Waals surface area contributed by atoms with Crippen molar-refractivity contribution in [2.24, 2.45) is 5.92 Å². The van der Waals surface area contributed by atoms with Gasteiger partial charge in [-0.3, -0.25) is 14.6 Å². The van der Waals surface area contributed by atoms with E-state index in [0.717, 1.165) is 5.69 Å². The molecule has 1 rings (SSSR count). The van der Waals surface area contributed by atoms with E-state index in [-0.39, 0.29) is 18.9 Å². The van der Waals surface area contributed by atoms with Gasteiger partial charge in [0.2, 0.25) is 5.91 Å². The Morgan fingerprint density at radius 1 is 1.30 bits per heavy atom. The first-order chi connectivity index (χ1) is 9.49. The lowest BCUT2D eigenvalue weighted by atomic mass is 10.1. The molecule has 1 aromatic heterocycles. The number of rotatable bonds is 8. The molecular weight excluding hydrogens is 256 g/mol. The van der Waals surface area contributed by atoms with Crippen molar-refractivity contribution >= 4 is 11.9 Å². The Labute approximate surface area is 119 Å². The molecule has 0 saturated heterocycles. The number of amides is 1. The van der Waals surface area contributed by atoms with Crippen LogP contribution in [0.4, 0.5) is 0 Å². The first-order valence-corrected chi connectivity index (χ1v) is 6.88. The summed E-state index contributed by atoms with van der Waals surface area (Å²) in [5.41, 5.74) is 0.878. The summed E-state index contributed by atoms with van der Waals surface area (Å²) in [7, 11) is 0. The topological polar surface area (TPSA) is 70.5 Å². The highest BCUT2D eigenvalue weighted by molar-refractivity contribution is 5.77. The molecule has 1 aromatic rings. The molecule has 0 spiro atoms. The van der Waals surface area contributed by atoms with E-state index in [1.54, 1.807) is 11.1 Å².